The first kappa shape index (κ1) is 19.5. The van der Waals surface area contributed by atoms with Gasteiger partial charge in [0.2, 0.25) is 16.9 Å². The summed E-state index contributed by atoms with van der Waals surface area (Å²) in [4.78, 5) is 26.3. The summed E-state index contributed by atoms with van der Waals surface area (Å²) in [6, 6.07) is 13.1. The molecule has 2 heterocycles. The molecule has 1 saturated heterocycles. The molecule has 4 rings (SSSR count). The fraction of sp³-hybridized carbons (Fsp3) is 0.200. The van der Waals surface area contributed by atoms with Crippen LogP contribution in [0.5, 0.6) is 0 Å². The van der Waals surface area contributed by atoms with Gasteiger partial charge in [-0.3, -0.25) is 9.59 Å². The van der Waals surface area contributed by atoms with E-state index in [1.165, 1.54) is 40.5 Å². The van der Waals surface area contributed by atoms with Crippen LogP contribution in [0.25, 0.3) is 0 Å². The number of anilines is 2. The number of hydrogen-bond donors (Lipinski definition) is 1. The smallest absolute Gasteiger partial charge is 0.231 e. The predicted octanol–water partition coefficient (Wildman–Crippen LogP) is 3.91. The van der Waals surface area contributed by atoms with Gasteiger partial charge in [0.25, 0.3) is 0 Å². The predicted molar refractivity (Wildman–Crippen MR) is 110 cm³/mol. The van der Waals surface area contributed by atoms with Crippen molar-refractivity contribution >= 4 is 45.6 Å². The Morgan fingerprint density at radius 2 is 1.90 bits per heavy atom. The normalized spacial score (nSPS) is 16.3. The molecule has 1 aromatic heterocycles. The van der Waals surface area contributed by atoms with E-state index in [4.69, 9.17) is 11.6 Å². The Kier molecular flexibility index (Phi) is 5.55. The number of rotatable bonds is 5. The van der Waals surface area contributed by atoms with Crippen molar-refractivity contribution in [1.29, 1.82) is 0 Å². The molecule has 0 aliphatic carbocycles. The molecule has 148 valence electrons. The maximum Gasteiger partial charge on any atom is 0.231 e. The number of benzene rings is 2. The SMILES string of the molecule is O=C(Nc1nnc(Cc2ccc(Cl)cc2)s1)C1CC(=O)N(c2ccc(F)cc2)C1. The van der Waals surface area contributed by atoms with E-state index in [2.05, 4.69) is 15.5 Å². The Morgan fingerprint density at radius 3 is 2.62 bits per heavy atom. The summed E-state index contributed by atoms with van der Waals surface area (Å²) in [7, 11) is 0. The maximum atomic E-state index is 13.1. The number of carbonyl (C=O) groups excluding carboxylic acids is 2. The first-order valence-corrected chi connectivity index (χ1v) is 10.1. The molecule has 1 N–H and O–H groups in total. The van der Waals surface area contributed by atoms with Crippen LogP contribution >= 0.6 is 22.9 Å². The van der Waals surface area contributed by atoms with Crippen molar-refractivity contribution in [3.05, 3.63) is 69.9 Å². The van der Waals surface area contributed by atoms with Crippen molar-refractivity contribution in [3.63, 3.8) is 0 Å². The minimum atomic E-state index is -0.504. The molecule has 6 nitrogen and oxygen atoms in total. The first-order chi connectivity index (χ1) is 14.0. The van der Waals surface area contributed by atoms with E-state index in [1.807, 2.05) is 24.3 Å². The lowest BCUT2D eigenvalue weighted by atomic mass is 10.1. The fourth-order valence-electron chi connectivity index (χ4n) is 3.11. The van der Waals surface area contributed by atoms with Crippen molar-refractivity contribution in [2.24, 2.45) is 5.92 Å². The molecule has 0 bridgehead atoms. The minimum absolute atomic E-state index is 0.0969. The van der Waals surface area contributed by atoms with Gasteiger partial charge in [0.05, 0.1) is 5.92 Å². The van der Waals surface area contributed by atoms with Crippen molar-refractivity contribution < 1.29 is 14.0 Å². The highest BCUT2D eigenvalue weighted by atomic mass is 35.5. The van der Waals surface area contributed by atoms with Gasteiger partial charge >= 0.3 is 0 Å². The van der Waals surface area contributed by atoms with Crippen LogP contribution in [0.4, 0.5) is 15.2 Å². The largest absolute Gasteiger partial charge is 0.312 e. The van der Waals surface area contributed by atoms with Crippen LogP contribution in [-0.2, 0) is 16.0 Å². The first-order valence-electron chi connectivity index (χ1n) is 8.91. The summed E-state index contributed by atoms with van der Waals surface area (Å²) < 4.78 is 13.1. The summed E-state index contributed by atoms with van der Waals surface area (Å²) in [5.74, 6) is -1.33. The highest BCUT2D eigenvalue weighted by Gasteiger charge is 2.35. The van der Waals surface area contributed by atoms with Crippen molar-refractivity contribution in [1.82, 2.24) is 10.2 Å². The molecule has 0 radical (unpaired) electrons. The molecular formula is C20H16ClFN4O2S. The third-order valence-electron chi connectivity index (χ3n) is 4.60. The molecule has 1 aliphatic rings. The van der Waals surface area contributed by atoms with Gasteiger partial charge in [-0.25, -0.2) is 4.39 Å². The van der Waals surface area contributed by atoms with E-state index in [0.717, 1.165) is 10.6 Å². The number of amides is 2. The zero-order valence-corrected chi connectivity index (χ0v) is 16.7. The van der Waals surface area contributed by atoms with Crippen LogP contribution in [0.1, 0.15) is 17.0 Å². The highest BCUT2D eigenvalue weighted by molar-refractivity contribution is 7.15. The van der Waals surface area contributed by atoms with Gasteiger partial charge in [-0.2, -0.15) is 0 Å². The standard InChI is InChI=1S/C20H16ClFN4O2S/c21-14-3-1-12(2-4-14)9-17-24-25-20(29-17)23-19(28)13-10-18(27)26(11-13)16-7-5-15(22)6-8-16/h1-8,13H,9-11H2,(H,23,25,28). The Bertz CT molecular complexity index is 1040. The molecule has 0 saturated carbocycles. The summed E-state index contributed by atoms with van der Waals surface area (Å²) in [5, 5.41) is 12.7. The summed E-state index contributed by atoms with van der Waals surface area (Å²) in [6.45, 7) is 0.243. The Morgan fingerprint density at radius 1 is 1.17 bits per heavy atom. The maximum absolute atomic E-state index is 13.1. The van der Waals surface area contributed by atoms with Gasteiger partial charge in [-0.1, -0.05) is 35.1 Å². The van der Waals surface area contributed by atoms with E-state index in [0.29, 0.717) is 22.3 Å². The van der Waals surface area contributed by atoms with Crippen LogP contribution in [0.2, 0.25) is 5.02 Å². The molecule has 2 aromatic carbocycles. The topological polar surface area (TPSA) is 75.2 Å². The van der Waals surface area contributed by atoms with Crippen molar-refractivity contribution in [2.45, 2.75) is 12.8 Å². The van der Waals surface area contributed by atoms with Gasteiger partial charge < -0.3 is 10.2 Å². The van der Waals surface area contributed by atoms with E-state index in [9.17, 15) is 14.0 Å². The van der Waals surface area contributed by atoms with Crippen molar-refractivity contribution in [3.8, 4) is 0 Å². The second-order valence-electron chi connectivity index (χ2n) is 6.68. The lowest BCUT2D eigenvalue weighted by molar-refractivity contribution is -0.122. The van der Waals surface area contributed by atoms with E-state index in [1.54, 1.807) is 0 Å². The van der Waals surface area contributed by atoms with Crippen molar-refractivity contribution in [2.75, 3.05) is 16.8 Å². The third-order valence-corrected chi connectivity index (χ3v) is 5.69. The van der Waals surface area contributed by atoms with E-state index < -0.39 is 5.92 Å². The molecule has 29 heavy (non-hydrogen) atoms. The highest BCUT2D eigenvalue weighted by Crippen LogP contribution is 2.27. The Hall–Kier alpha value is -2.84. The number of nitrogens with one attached hydrogen (secondary N) is 1. The molecule has 1 unspecified atom stereocenters. The molecule has 3 aromatic rings. The van der Waals surface area contributed by atoms with Crippen LogP contribution in [0.3, 0.4) is 0 Å². The molecule has 1 atom stereocenters. The molecule has 0 spiro atoms. The van der Waals surface area contributed by atoms with Crippen LogP contribution in [0, 0.1) is 11.7 Å². The summed E-state index contributed by atoms with van der Waals surface area (Å²) in [5.41, 5.74) is 1.62. The molecule has 1 fully saturated rings. The number of hydrogen-bond acceptors (Lipinski definition) is 5. The van der Waals surface area contributed by atoms with Crippen LogP contribution in [0.15, 0.2) is 48.5 Å². The second-order valence-corrected chi connectivity index (χ2v) is 8.17. The molecule has 2 amide bonds. The fourth-order valence-corrected chi connectivity index (χ4v) is 4.02. The summed E-state index contributed by atoms with van der Waals surface area (Å²) in [6.07, 6.45) is 0.685. The monoisotopic (exact) mass is 430 g/mol. The minimum Gasteiger partial charge on any atom is -0.312 e. The average Bonchev–Trinajstić information content (AvgIpc) is 3.31. The summed E-state index contributed by atoms with van der Waals surface area (Å²) >= 11 is 7.18. The number of carbonyl (C=O) groups is 2. The van der Waals surface area contributed by atoms with Gasteiger partial charge in [-0.05, 0) is 42.0 Å². The quantitative estimate of drug-likeness (QED) is 0.665. The zero-order chi connectivity index (χ0) is 20.4. The third kappa shape index (κ3) is 4.60. The van der Waals surface area contributed by atoms with E-state index in [-0.39, 0.29) is 30.6 Å². The van der Waals surface area contributed by atoms with Crippen LogP contribution in [-0.4, -0.2) is 28.6 Å². The van der Waals surface area contributed by atoms with Gasteiger partial charge in [0.1, 0.15) is 10.8 Å². The van der Waals surface area contributed by atoms with Gasteiger partial charge in [-0.15, -0.1) is 10.2 Å². The Labute approximate surface area is 175 Å². The lowest BCUT2D eigenvalue weighted by Crippen LogP contribution is -2.28. The molecular weight excluding hydrogens is 415 g/mol. The Balaban J connectivity index is 1.37. The van der Waals surface area contributed by atoms with Crippen LogP contribution < -0.4 is 10.2 Å². The second kappa shape index (κ2) is 8.26. The average molecular weight is 431 g/mol. The number of nitrogens with zero attached hydrogens (tertiary/aromatic N) is 3. The van der Waals surface area contributed by atoms with E-state index >= 15 is 0 Å². The lowest BCUT2D eigenvalue weighted by Gasteiger charge is -2.16. The number of aromatic nitrogens is 2. The van der Waals surface area contributed by atoms with Gasteiger partial charge in [0.15, 0.2) is 0 Å². The molecule has 9 heteroatoms. The van der Waals surface area contributed by atoms with Gasteiger partial charge in [0, 0.05) is 30.1 Å². The number of halogens is 2. The molecule has 1 aliphatic heterocycles. The zero-order valence-electron chi connectivity index (χ0n) is 15.1.